The predicted molar refractivity (Wildman–Crippen MR) is 142 cm³/mol. The molecule has 0 spiro atoms. The van der Waals surface area contributed by atoms with Crippen LogP contribution < -0.4 is 14.8 Å². The lowest BCUT2D eigenvalue weighted by Gasteiger charge is -2.18. The summed E-state index contributed by atoms with van der Waals surface area (Å²) in [7, 11) is 0. The van der Waals surface area contributed by atoms with Crippen LogP contribution in [0.3, 0.4) is 0 Å². The number of ether oxygens (including phenoxy) is 2. The first-order valence-electron chi connectivity index (χ1n) is 12.1. The maximum atomic E-state index is 12.9. The largest absolute Gasteiger partial charge is 0.494 e. The Labute approximate surface area is 207 Å². The Hall–Kier alpha value is -4.05. The van der Waals surface area contributed by atoms with Gasteiger partial charge < -0.3 is 14.8 Å². The first kappa shape index (κ1) is 24.1. The maximum absolute atomic E-state index is 12.9. The Balaban J connectivity index is 1.29. The Morgan fingerprint density at radius 2 is 1.46 bits per heavy atom. The van der Waals surface area contributed by atoms with E-state index in [9.17, 15) is 4.79 Å². The smallest absolute Gasteiger partial charge is 0.265 e. The molecule has 1 unspecified atom stereocenters. The van der Waals surface area contributed by atoms with Gasteiger partial charge in [0.15, 0.2) is 6.10 Å². The van der Waals surface area contributed by atoms with Crippen molar-refractivity contribution in [3.63, 3.8) is 0 Å². The fourth-order valence-electron chi connectivity index (χ4n) is 3.84. The molecule has 0 aliphatic rings. The summed E-state index contributed by atoms with van der Waals surface area (Å²) in [5, 5.41) is 2.96. The summed E-state index contributed by atoms with van der Waals surface area (Å²) >= 11 is 0. The fourth-order valence-corrected chi connectivity index (χ4v) is 3.84. The van der Waals surface area contributed by atoms with Crippen molar-refractivity contribution in [3.05, 3.63) is 115 Å². The predicted octanol–water partition coefficient (Wildman–Crippen LogP) is 7.16. The van der Waals surface area contributed by atoms with E-state index in [4.69, 9.17) is 9.47 Å². The third-order valence-electron chi connectivity index (χ3n) is 5.73. The molecule has 0 heterocycles. The zero-order chi connectivity index (χ0) is 24.3. The standard InChI is InChI=1S/C31H31NO3/c1-2-30(35-28-20-18-26(19-21-28)25-14-7-4-8-15-25)31(33)32-27-16-9-17-29(23-27)34-22-10-13-24-11-5-3-6-12-24/h3-9,11-12,14-21,23,30H,2,10,13,22H2,1H3,(H,32,33). The second kappa shape index (κ2) is 12.4. The summed E-state index contributed by atoms with van der Waals surface area (Å²) in [6, 6.07) is 35.9. The zero-order valence-corrected chi connectivity index (χ0v) is 20.0. The third-order valence-corrected chi connectivity index (χ3v) is 5.73. The first-order valence-corrected chi connectivity index (χ1v) is 12.1. The molecule has 178 valence electrons. The lowest BCUT2D eigenvalue weighted by atomic mass is 10.1. The number of rotatable bonds is 11. The van der Waals surface area contributed by atoms with E-state index < -0.39 is 6.10 Å². The minimum Gasteiger partial charge on any atom is -0.494 e. The molecule has 0 aromatic heterocycles. The van der Waals surface area contributed by atoms with E-state index in [0.717, 1.165) is 29.7 Å². The lowest BCUT2D eigenvalue weighted by Crippen LogP contribution is -2.32. The number of anilines is 1. The van der Waals surface area contributed by atoms with Crippen LogP contribution in [0.4, 0.5) is 5.69 Å². The number of hydrogen-bond acceptors (Lipinski definition) is 3. The number of carbonyl (C=O) groups is 1. The van der Waals surface area contributed by atoms with Gasteiger partial charge in [0.25, 0.3) is 5.91 Å². The van der Waals surface area contributed by atoms with E-state index in [1.165, 1.54) is 5.56 Å². The Bertz CT molecular complexity index is 1190. The quantitative estimate of drug-likeness (QED) is 0.239. The van der Waals surface area contributed by atoms with Crippen LogP contribution in [-0.4, -0.2) is 18.6 Å². The average molecular weight is 466 g/mol. The number of benzene rings is 4. The number of hydrogen-bond donors (Lipinski definition) is 1. The van der Waals surface area contributed by atoms with Crippen molar-refractivity contribution >= 4 is 11.6 Å². The van der Waals surface area contributed by atoms with Crippen LogP contribution in [0.2, 0.25) is 0 Å². The van der Waals surface area contributed by atoms with Gasteiger partial charge in [0.1, 0.15) is 11.5 Å². The highest BCUT2D eigenvalue weighted by atomic mass is 16.5. The average Bonchev–Trinajstić information content (AvgIpc) is 2.91. The van der Waals surface area contributed by atoms with Crippen LogP contribution in [0.5, 0.6) is 11.5 Å². The molecule has 4 aromatic rings. The number of aryl methyl sites for hydroxylation is 1. The molecular formula is C31H31NO3. The van der Waals surface area contributed by atoms with Gasteiger partial charge in [-0.1, -0.05) is 85.8 Å². The van der Waals surface area contributed by atoms with Gasteiger partial charge in [-0.2, -0.15) is 0 Å². The van der Waals surface area contributed by atoms with Crippen LogP contribution in [0.25, 0.3) is 11.1 Å². The molecule has 4 heteroatoms. The number of nitrogens with one attached hydrogen (secondary N) is 1. The molecular weight excluding hydrogens is 434 g/mol. The van der Waals surface area contributed by atoms with E-state index >= 15 is 0 Å². The van der Waals surface area contributed by atoms with E-state index in [-0.39, 0.29) is 5.91 Å². The summed E-state index contributed by atoms with van der Waals surface area (Å²) in [5.74, 6) is 1.23. The van der Waals surface area contributed by atoms with E-state index in [2.05, 4.69) is 41.7 Å². The van der Waals surface area contributed by atoms with Crippen molar-refractivity contribution in [1.82, 2.24) is 0 Å². The van der Waals surface area contributed by atoms with E-state index in [1.54, 1.807) is 0 Å². The molecule has 1 amide bonds. The molecule has 4 rings (SSSR count). The molecule has 4 nitrogen and oxygen atoms in total. The van der Waals surface area contributed by atoms with E-state index in [0.29, 0.717) is 24.5 Å². The summed E-state index contributed by atoms with van der Waals surface area (Å²) in [5.41, 5.74) is 4.25. The molecule has 0 saturated heterocycles. The SMILES string of the molecule is CCC(Oc1ccc(-c2ccccc2)cc1)C(=O)Nc1cccc(OCCCc2ccccc2)c1. The van der Waals surface area contributed by atoms with Crippen molar-refractivity contribution in [1.29, 1.82) is 0 Å². The molecule has 0 saturated carbocycles. The van der Waals surface area contributed by atoms with Crippen LogP contribution in [0, 0.1) is 0 Å². The second-order valence-corrected chi connectivity index (χ2v) is 8.36. The van der Waals surface area contributed by atoms with Crippen molar-refractivity contribution in [2.75, 3.05) is 11.9 Å². The highest BCUT2D eigenvalue weighted by Gasteiger charge is 2.19. The van der Waals surface area contributed by atoms with Crippen molar-refractivity contribution in [2.24, 2.45) is 0 Å². The Morgan fingerprint density at radius 1 is 0.771 bits per heavy atom. The summed E-state index contributed by atoms with van der Waals surface area (Å²) in [4.78, 5) is 12.9. The van der Waals surface area contributed by atoms with Gasteiger partial charge in [-0.25, -0.2) is 0 Å². The topological polar surface area (TPSA) is 47.6 Å². The number of carbonyl (C=O) groups excluding carboxylic acids is 1. The van der Waals surface area contributed by atoms with Gasteiger partial charge in [-0.05, 0) is 60.2 Å². The molecule has 35 heavy (non-hydrogen) atoms. The molecule has 0 aliphatic heterocycles. The molecule has 0 radical (unpaired) electrons. The molecule has 4 aromatic carbocycles. The molecule has 0 fully saturated rings. The molecule has 0 aliphatic carbocycles. The van der Waals surface area contributed by atoms with Crippen LogP contribution in [-0.2, 0) is 11.2 Å². The van der Waals surface area contributed by atoms with Crippen LogP contribution >= 0.6 is 0 Å². The molecule has 1 N–H and O–H groups in total. The maximum Gasteiger partial charge on any atom is 0.265 e. The molecule has 0 bridgehead atoms. The van der Waals surface area contributed by atoms with E-state index in [1.807, 2.05) is 79.7 Å². The normalized spacial score (nSPS) is 11.5. The Kier molecular flexibility index (Phi) is 8.55. The fraction of sp³-hybridized carbons (Fsp3) is 0.194. The second-order valence-electron chi connectivity index (χ2n) is 8.36. The lowest BCUT2D eigenvalue weighted by molar-refractivity contribution is -0.122. The molecule has 1 atom stereocenters. The monoisotopic (exact) mass is 465 g/mol. The Morgan fingerprint density at radius 3 is 2.17 bits per heavy atom. The van der Waals surface area contributed by atoms with Crippen LogP contribution in [0.1, 0.15) is 25.3 Å². The van der Waals surface area contributed by atoms with Crippen molar-refractivity contribution in [2.45, 2.75) is 32.3 Å². The van der Waals surface area contributed by atoms with Gasteiger partial charge in [-0.3, -0.25) is 4.79 Å². The highest BCUT2D eigenvalue weighted by molar-refractivity contribution is 5.94. The van der Waals surface area contributed by atoms with Gasteiger partial charge >= 0.3 is 0 Å². The van der Waals surface area contributed by atoms with Gasteiger partial charge in [0.2, 0.25) is 0 Å². The number of amides is 1. The van der Waals surface area contributed by atoms with Gasteiger partial charge in [-0.15, -0.1) is 0 Å². The highest BCUT2D eigenvalue weighted by Crippen LogP contribution is 2.24. The summed E-state index contributed by atoms with van der Waals surface area (Å²) in [6.07, 6.45) is 1.87. The van der Waals surface area contributed by atoms with Crippen molar-refractivity contribution in [3.8, 4) is 22.6 Å². The zero-order valence-electron chi connectivity index (χ0n) is 20.0. The van der Waals surface area contributed by atoms with Gasteiger partial charge in [0.05, 0.1) is 6.61 Å². The van der Waals surface area contributed by atoms with Gasteiger partial charge in [0, 0.05) is 11.8 Å². The minimum absolute atomic E-state index is 0.180. The summed E-state index contributed by atoms with van der Waals surface area (Å²) < 4.78 is 11.9. The third kappa shape index (κ3) is 7.21. The summed E-state index contributed by atoms with van der Waals surface area (Å²) in [6.45, 7) is 2.56. The van der Waals surface area contributed by atoms with Crippen LogP contribution in [0.15, 0.2) is 109 Å². The van der Waals surface area contributed by atoms with Crippen molar-refractivity contribution < 1.29 is 14.3 Å². The first-order chi connectivity index (χ1) is 17.2. The minimum atomic E-state index is -0.590.